The average Bonchev–Trinajstić information content (AvgIpc) is 3.18. The first-order valence-corrected chi connectivity index (χ1v) is 18.8. The lowest BCUT2D eigenvalue weighted by molar-refractivity contribution is -0.144. The lowest BCUT2D eigenvalue weighted by Crippen LogP contribution is -2.28. The molecule has 0 saturated carbocycles. The largest absolute Gasteiger partial charge is 0.466 e. The molecule has 1 N–H and O–H groups in total. The smallest absolute Gasteiger partial charge is 0.407 e. The molecule has 0 aromatic heterocycles. The van der Waals surface area contributed by atoms with Gasteiger partial charge in [-0.15, -0.1) is 0 Å². The van der Waals surface area contributed by atoms with E-state index in [0.29, 0.717) is 172 Å². The van der Waals surface area contributed by atoms with Crippen LogP contribution in [0.2, 0.25) is 0 Å². The number of hydrogen-bond donors (Lipinski definition) is 1. The van der Waals surface area contributed by atoms with Crippen molar-refractivity contribution in [3.05, 3.63) is 35.9 Å². The number of benzene rings is 1. The summed E-state index contributed by atoms with van der Waals surface area (Å²) >= 11 is 0. The maximum Gasteiger partial charge on any atom is 0.407 e. The molecule has 0 heterocycles. The van der Waals surface area contributed by atoms with Crippen LogP contribution in [0.5, 0.6) is 0 Å². The predicted octanol–water partition coefficient (Wildman–Crippen LogP) is 2.07. The molecule has 0 atom stereocenters. The summed E-state index contributed by atoms with van der Waals surface area (Å²) in [5, 5.41) is 2.64. The molecule has 1 aromatic rings. The van der Waals surface area contributed by atoms with Crippen molar-refractivity contribution in [2.24, 2.45) is 0 Å². The molecule has 17 heteroatoms. The zero-order valence-electron chi connectivity index (χ0n) is 32.2. The Morgan fingerprint density at radius 2 is 0.741 bits per heavy atom. The predicted molar refractivity (Wildman–Crippen MR) is 196 cm³/mol. The third-order valence-electron chi connectivity index (χ3n) is 6.58. The fourth-order valence-corrected chi connectivity index (χ4v) is 3.91. The quantitative estimate of drug-likeness (QED) is 0.0754. The Kier molecular flexibility index (Phi) is 38.2. The molecule has 0 bridgehead atoms. The number of nitrogens with one attached hydrogen (secondary N) is 1. The molecule has 1 aromatic carbocycles. The van der Waals surface area contributed by atoms with Gasteiger partial charge in [-0.25, -0.2) is 4.79 Å². The number of amides is 1. The van der Waals surface area contributed by atoms with Gasteiger partial charge in [0.15, 0.2) is 0 Å². The van der Waals surface area contributed by atoms with Gasteiger partial charge >= 0.3 is 12.1 Å². The summed E-state index contributed by atoms with van der Waals surface area (Å²) in [5.41, 5.74) is 0.934. The maximum absolute atomic E-state index is 11.7. The molecule has 0 aliphatic rings. The second kappa shape index (κ2) is 41.6. The topological polar surface area (TPSA) is 175 Å². The van der Waals surface area contributed by atoms with E-state index >= 15 is 0 Å². The number of esters is 1. The van der Waals surface area contributed by atoms with E-state index in [4.69, 9.17) is 66.3 Å². The van der Waals surface area contributed by atoms with E-state index in [1.54, 1.807) is 6.92 Å². The van der Waals surface area contributed by atoms with Gasteiger partial charge in [-0.2, -0.15) is 0 Å². The monoisotopic (exact) mass is 779 g/mol. The fraction of sp³-hybridized carbons (Fsp3) is 0.784. The molecule has 54 heavy (non-hydrogen) atoms. The summed E-state index contributed by atoms with van der Waals surface area (Å²) in [7, 11) is 0. The minimum Gasteiger partial charge on any atom is -0.466 e. The van der Waals surface area contributed by atoms with Gasteiger partial charge in [0.2, 0.25) is 0 Å². The highest BCUT2D eigenvalue weighted by atomic mass is 16.6. The van der Waals surface area contributed by atoms with Crippen molar-refractivity contribution in [2.75, 3.05) is 172 Å². The first kappa shape index (κ1) is 49.5. The summed E-state index contributed by atoms with van der Waals surface area (Å²) in [6.07, 6.45) is -0.223. The Hall–Kier alpha value is -2.52. The molecule has 1 amide bonds. The Balaban J connectivity index is 1.63. The van der Waals surface area contributed by atoms with Crippen LogP contribution in [0.1, 0.15) is 18.9 Å². The Morgan fingerprint density at radius 1 is 0.426 bits per heavy atom. The highest BCUT2D eigenvalue weighted by Crippen LogP contribution is 2.00. The van der Waals surface area contributed by atoms with E-state index in [1.165, 1.54) is 0 Å². The zero-order valence-corrected chi connectivity index (χ0v) is 32.2. The lowest BCUT2D eigenvalue weighted by Gasteiger charge is -2.09. The van der Waals surface area contributed by atoms with Crippen molar-refractivity contribution >= 4 is 12.1 Å². The Bertz CT molecular complexity index is 933. The summed E-state index contributed by atoms with van der Waals surface area (Å²) in [6, 6.07) is 9.49. The van der Waals surface area contributed by atoms with Gasteiger partial charge in [-0.3, -0.25) is 4.79 Å². The Labute approximate surface area is 320 Å². The number of alkyl carbamates (subject to hydrolysis) is 1. The van der Waals surface area contributed by atoms with Gasteiger partial charge in [0.1, 0.15) is 6.61 Å². The maximum atomic E-state index is 11.7. The summed E-state index contributed by atoms with van der Waals surface area (Å²) in [5.74, 6) is -0.255. The van der Waals surface area contributed by atoms with Gasteiger partial charge in [-0.1, -0.05) is 30.3 Å². The second-order valence-corrected chi connectivity index (χ2v) is 10.9. The standard InChI is InChI=1S/C37H65NO16/c1-2-53-36(39)8-10-41-12-14-43-16-18-45-20-22-47-24-26-49-28-30-51-32-33-52-31-29-50-27-25-48-23-21-46-19-17-44-15-13-42-11-9-38-37(40)54-34-35-6-4-3-5-7-35/h3-7H,2,8-34H2,1H3,(H,38,40). The number of carbonyl (C=O) groups is 2. The number of rotatable bonds is 42. The first-order valence-electron chi connectivity index (χ1n) is 18.8. The van der Waals surface area contributed by atoms with E-state index in [2.05, 4.69) is 5.32 Å². The minimum atomic E-state index is -0.473. The molecule has 0 spiro atoms. The molecule has 0 fully saturated rings. The molecular formula is C37H65NO16. The van der Waals surface area contributed by atoms with Crippen LogP contribution in [0.3, 0.4) is 0 Å². The normalized spacial score (nSPS) is 11.2. The lowest BCUT2D eigenvalue weighted by atomic mass is 10.2. The van der Waals surface area contributed by atoms with Crippen molar-refractivity contribution < 1.29 is 75.9 Å². The van der Waals surface area contributed by atoms with Gasteiger partial charge in [0.05, 0.1) is 172 Å². The number of hydrogen-bond acceptors (Lipinski definition) is 16. The SMILES string of the molecule is CCOC(=O)CCOCCOCCOCCOCCOCCOCCOCCOCCOCCOCCOCCOCCNC(=O)OCc1ccccc1. The van der Waals surface area contributed by atoms with Crippen LogP contribution in [0.25, 0.3) is 0 Å². The van der Waals surface area contributed by atoms with Crippen molar-refractivity contribution in [1.29, 1.82) is 0 Å². The van der Waals surface area contributed by atoms with Crippen LogP contribution in [-0.4, -0.2) is 184 Å². The second-order valence-electron chi connectivity index (χ2n) is 10.9. The molecule has 0 aliphatic heterocycles. The van der Waals surface area contributed by atoms with Crippen molar-refractivity contribution in [3.8, 4) is 0 Å². The number of carbonyl (C=O) groups excluding carboxylic acids is 2. The van der Waals surface area contributed by atoms with Crippen LogP contribution >= 0.6 is 0 Å². The van der Waals surface area contributed by atoms with Gasteiger partial charge in [0.25, 0.3) is 0 Å². The molecule has 314 valence electrons. The zero-order chi connectivity index (χ0) is 38.7. The molecule has 17 nitrogen and oxygen atoms in total. The summed E-state index contributed by atoms with van der Waals surface area (Å²) in [6.45, 7) is 13.8. The Morgan fingerprint density at radius 3 is 1.07 bits per heavy atom. The van der Waals surface area contributed by atoms with Gasteiger partial charge in [0, 0.05) is 6.54 Å². The summed E-state index contributed by atoms with van der Waals surface area (Å²) in [4.78, 5) is 22.8. The number of ether oxygens (including phenoxy) is 14. The molecule has 1 rings (SSSR count). The third-order valence-corrected chi connectivity index (χ3v) is 6.58. The van der Waals surface area contributed by atoms with E-state index < -0.39 is 6.09 Å². The molecule has 0 aliphatic carbocycles. The van der Waals surface area contributed by atoms with E-state index in [1.807, 2.05) is 30.3 Å². The molecule has 0 unspecified atom stereocenters. The molecule has 0 saturated heterocycles. The van der Waals surface area contributed by atoms with Crippen molar-refractivity contribution in [1.82, 2.24) is 5.32 Å². The highest BCUT2D eigenvalue weighted by Gasteiger charge is 2.03. The van der Waals surface area contributed by atoms with Crippen LogP contribution < -0.4 is 5.32 Å². The van der Waals surface area contributed by atoms with Crippen LogP contribution in [-0.2, 0) is 77.7 Å². The molecular weight excluding hydrogens is 714 g/mol. The third kappa shape index (κ3) is 37.8. The van der Waals surface area contributed by atoms with Crippen LogP contribution in [0.4, 0.5) is 4.79 Å². The van der Waals surface area contributed by atoms with E-state index in [0.717, 1.165) is 5.56 Å². The first-order chi connectivity index (χ1) is 26.7. The van der Waals surface area contributed by atoms with Gasteiger partial charge in [-0.05, 0) is 12.5 Å². The molecule has 0 radical (unpaired) electrons. The van der Waals surface area contributed by atoms with Crippen molar-refractivity contribution in [3.63, 3.8) is 0 Å². The van der Waals surface area contributed by atoms with Gasteiger partial charge < -0.3 is 71.6 Å². The minimum absolute atomic E-state index is 0.233. The van der Waals surface area contributed by atoms with Crippen LogP contribution in [0, 0.1) is 0 Å². The summed E-state index contributed by atoms with van der Waals surface area (Å²) < 4.78 is 75.3. The van der Waals surface area contributed by atoms with Crippen molar-refractivity contribution in [2.45, 2.75) is 20.0 Å². The highest BCUT2D eigenvalue weighted by molar-refractivity contribution is 5.69. The van der Waals surface area contributed by atoms with E-state index in [9.17, 15) is 9.59 Å². The fourth-order valence-electron chi connectivity index (χ4n) is 3.91. The van der Waals surface area contributed by atoms with E-state index in [-0.39, 0.29) is 19.0 Å². The average molecular weight is 780 g/mol. The van der Waals surface area contributed by atoms with Crippen LogP contribution in [0.15, 0.2) is 30.3 Å².